The number of carbonyl (C=O) groups is 1. The van der Waals surface area contributed by atoms with Gasteiger partial charge in [-0.2, -0.15) is 0 Å². The van der Waals surface area contributed by atoms with E-state index < -0.39 is 5.97 Å². The van der Waals surface area contributed by atoms with Crippen LogP contribution >= 0.6 is 31.9 Å². The molecule has 0 bridgehead atoms. The average Bonchev–Trinajstić information content (AvgIpc) is 2.41. The third kappa shape index (κ3) is 3.60. The van der Waals surface area contributed by atoms with Gasteiger partial charge in [-0.25, -0.2) is 0 Å². The number of alkyl halides is 2. The highest BCUT2D eigenvalue weighted by atomic mass is 79.9. The van der Waals surface area contributed by atoms with Gasteiger partial charge in [-0.3, -0.25) is 9.59 Å². The van der Waals surface area contributed by atoms with Crippen molar-refractivity contribution in [3.05, 3.63) is 39.2 Å². The molecule has 4 nitrogen and oxygen atoms in total. The second-order valence-electron chi connectivity index (χ2n) is 5.14. The summed E-state index contributed by atoms with van der Waals surface area (Å²) in [5.74, 6) is 0.569. The SMILES string of the molecule is CC(=O)Oc1cc(C)c2c(=O)cc(C)oc2c1CC(Br)CBr. The van der Waals surface area contributed by atoms with Crippen molar-refractivity contribution in [3.63, 3.8) is 0 Å². The van der Waals surface area contributed by atoms with Crippen molar-refractivity contribution in [3.8, 4) is 5.75 Å². The maximum absolute atomic E-state index is 12.3. The lowest BCUT2D eigenvalue weighted by Gasteiger charge is -2.15. The van der Waals surface area contributed by atoms with Crippen molar-refractivity contribution in [1.82, 2.24) is 0 Å². The summed E-state index contributed by atoms with van der Waals surface area (Å²) in [6.07, 6.45) is 0.567. The molecule has 0 fully saturated rings. The van der Waals surface area contributed by atoms with Gasteiger partial charge in [0.15, 0.2) is 5.43 Å². The Bertz CT molecular complexity index is 780. The van der Waals surface area contributed by atoms with E-state index in [0.29, 0.717) is 28.9 Å². The molecule has 0 aliphatic heterocycles. The Balaban J connectivity index is 2.80. The molecule has 0 aliphatic carbocycles. The molecule has 118 valence electrons. The van der Waals surface area contributed by atoms with Crippen molar-refractivity contribution in [2.75, 3.05) is 5.33 Å². The van der Waals surface area contributed by atoms with Crippen molar-refractivity contribution >= 4 is 48.8 Å². The minimum Gasteiger partial charge on any atom is -0.461 e. The standard InChI is InChI=1S/C16H16Br2O4/c1-8-4-14(22-10(3)19)12(6-11(18)7-17)16-15(8)13(20)5-9(2)21-16/h4-5,11H,6-7H2,1-3H3. The smallest absolute Gasteiger partial charge is 0.308 e. The summed E-state index contributed by atoms with van der Waals surface area (Å²) in [4.78, 5) is 23.8. The first-order valence-corrected chi connectivity index (χ1v) is 8.82. The van der Waals surface area contributed by atoms with Crippen LogP contribution in [-0.2, 0) is 11.2 Å². The molecule has 2 rings (SSSR count). The molecular formula is C16H16Br2O4. The molecule has 6 heteroatoms. The van der Waals surface area contributed by atoms with E-state index >= 15 is 0 Å². The third-order valence-electron chi connectivity index (χ3n) is 3.23. The number of benzene rings is 1. The van der Waals surface area contributed by atoms with Crippen LogP contribution in [0, 0.1) is 13.8 Å². The van der Waals surface area contributed by atoms with Crippen LogP contribution in [0.3, 0.4) is 0 Å². The fourth-order valence-electron chi connectivity index (χ4n) is 2.38. The van der Waals surface area contributed by atoms with Gasteiger partial charge in [-0.15, -0.1) is 0 Å². The van der Waals surface area contributed by atoms with E-state index in [9.17, 15) is 9.59 Å². The molecule has 2 aromatic rings. The number of aryl methyl sites for hydroxylation is 2. The van der Waals surface area contributed by atoms with Crippen molar-refractivity contribution in [2.24, 2.45) is 0 Å². The summed E-state index contributed by atoms with van der Waals surface area (Å²) in [6.45, 7) is 4.89. The molecule has 22 heavy (non-hydrogen) atoms. The fraction of sp³-hybridized carbons (Fsp3) is 0.375. The van der Waals surface area contributed by atoms with E-state index in [-0.39, 0.29) is 10.3 Å². The molecule has 1 aromatic heterocycles. The first kappa shape index (κ1) is 17.2. The normalized spacial score (nSPS) is 12.4. The van der Waals surface area contributed by atoms with E-state index in [1.165, 1.54) is 13.0 Å². The summed E-state index contributed by atoms with van der Waals surface area (Å²) < 4.78 is 11.1. The zero-order valence-corrected chi connectivity index (χ0v) is 15.7. The number of halogens is 2. The molecule has 0 aliphatic rings. The van der Waals surface area contributed by atoms with Gasteiger partial charge in [-0.05, 0) is 31.9 Å². The molecule has 1 aromatic carbocycles. The summed E-state index contributed by atoms with van der Waals surface area (Å²) in [5, 5.41) is 1.25. The monoisotopic (exact) mass is 430 g/mol. The van der Waals surface area contributed by atoms with Crippen LogP contribution in [-0.4, -0.2) is 16.1 Å². The van der Waals surface area contributed by atoms with Gasteiger partial charge in [0.25, 0.3) is 0 Å². The largest absolute Gasteiger partial charge is 0.461 e. The Labute approximate surface area is 145 Å². The molecule has 0 saturated heterocycles. The third-order valence-corrected chi connectivity index (χ3v) is 5.53. The topological polar surface area (TPSA) is 56.5 Å². The van der Waals surface area contributed by atoms with Gasteiger partial charge in [-0.1, -0.05) is 31.9 Å². The van der Waals surface area contributed by atoms with Crippen LogP contribution in [0.1, 0.15) is 23.8 Å². The lowest BCUT2D eigenvalue weighted by Crippen LogP contribution is -2.12. The lowest BCUT2D eigenvalue weighted by molar-refractivity contribution is -0.131. The van der Waals surface area contributed by atoms with Crippen molar-refractivity contribution in [2.45, 2.75) is 32.0 Å². The van der Waals surface area contributed by atoms with Gasteiger partial charge < -0.3 is 9.15 Å². The minimum atomic E-state index is -0.403. The molecule has 0 radical (unpaired) electrons. The average molecular weight is 432 g/mol. The van der Waals surface area contributed by atoms with Gasteiger partial charge in [0.1, 0.15) is 17.1 Å². The number of hydrogen-bond donors (Lipinski definition) is 0. The van der Waals surface area contributed by atoms with E-state index in [1.54, 1.807) is 13.0 Å². The van der Waals surface area contributed by atoms with Gasteiger partial charge >= 0.3 is 5.97 Å². The predicted molar refractivity (Wildman–Crippen MR) is 93.5 cm³/mol. The van der Waals surface area contributed by atoms with E-state index in [0.717, 1.165) is 16.5 Å². The Hall–Kier alpha value is -1.14. The van der Waals surface area contributed by atoms with E-state index in [4.69, 9.17) is 9.15 Å². The Morgan fingerprint density at radius 1 is 1.36 bits per heavy atom. The second kappa shape index (κ2) is 6.96. The summed E-state index contributed by atoms with van der Waals surface area (Å²) in [6, 6.07) is 3.19. The number of hydrogen-bond acceptors (Lipinski definition) is 4. The van der Waals surface area contributed by atoms with Gasteiger partial charge in [0, 0.05) is 28.7 Å². The number of fused-ring (bicyclic) bond motifs is 1. The predicted octanol–water partition coefficient (Wildman–Crippen LogP) is 4.04. The van der Waals surface area contributed by atoms with E-state index in [2.05, 4.69) is 31.9 Å². The van der Waals surface area contributed by atoms with Crippen LogP contribution in [0.5, 0.6) is 5.75 Å². The number of rotatable bonds is 4. The molecule has 0 spiro atoms. The summed E-state index contributed by atoms with van der Waals surface area (Å²) >= 11 is 6.96. The molecule has 0 saturated carbocycles. The van der Waals surface area contributed by atoms with Crippen molar-refractivity contribution in [1.29, 1.82) is 0 Å². The first-order valence-electron chi connectivity index (χ1n) is 6.78. The molecule has 0 N–H and O–H groups in total. The van der Waals surface area contributed by atoms with E-state index in [1.807, 2.05) is 6.92 Å². The lowest BCUT2D eigenvalue weighted by atomic mass is 10.0. The summed E-state index contributed by atoms with van der Waals surface area (Å²) in [5.41, 5.74) is 1.86. The quantitative estimate of drug-likeness (QED) is 0.416. The zero-order chi connectivity index (χ0) is 16.4. The molecule has 1 unspecified atom stereocenters. The minimum absolute atomic E-state index is 0.0863. The van der Waals surface area contributed by atoms with Crippen LogP contribution in [0.4, 0.5) is 0 Å². The maximum atomic E-state index is 12.3. The highest BCUT2D eigenvalue weighted by Gasteiger charge is 2.20. The van der Waals surface area contributed by atoms with Crippen LogP contribution in [0.15, 0.2) is 21.3 Å². The zero-order valence-electron chi connectivity index (χ0n) is 12.5. The number of esters is 1. The molecular weight excluding hydrogens is 416 g/mol. The maximum Gasteiger partial charge on any atom is 0.308 e. The van der Waals surface area contributed by atoms with Crippen LogP contribution in [0.25, 0.3) is 11.0 Å². The number of carbonyl (C=O) groups excluding carboxylic acids is 1. The van der Waals surface area contributed by atoms with Crippen LogP contribution in [0.2, 0.25) is 0 Å². The Morgan fingerprint density at radius 3 is 2.64 bits per heavy atom. The van der Waals surface area contributed by atoms with Gasteiger partial charge in [0.2, 0.25) is 0 Å². The Morgan fingerprint density at radius 2 is 2.05 bits per heavy atom. The van der Waals surface area contributed by atoms with Gasteiger partial charge in [0.05, 0.1) is 5.39 Å². The Kier molecular flexibility index (Phi) is 5.45. The second-order valence-corrected chi connectivity index (χ2v) is 7.09. The van der Waals surface area contributed by atoms with Crippen LogP contribution < -0.4 is 10.2 Å². The highest BCUT2D eigenvalue weighted by molar-refractivity contribution is 9.12. The highest BCUT2D eigenvalue weighted by Crippen LogP contribution is 2.32. The first-order chi connectivity index (χ1) is 10.3. The molecule has 0 amide bonds. The summed E-state index contributed by atoms with van der Waals surface area (Å²) in [7, 11) is 0. The van der Waals surface area contributed by atoms with Crippen molar-refractivity contribution < 1.29 is 13.9 Å². The fourth-order valence-corrected chi connectivity index (χ4v) is 2.93. The molecule has 1 heterocycles. The number of ether oxygens (including phenoxy) is 1. The molecule has 1 atom stereocenters.